The molecule has 5 heterocycles. The maximum Gasteiger partial charge on any atom is 0.230 e. The van der Waals surface area contributed by atoms with Crippen LogP contribution in [-0.4, -0.2) is 55.4 Å². The number of oxazole rings is 1. The van der Waals surface area contributed by atoms with Crippen molar-refractivity contribution in [2.24, 2.45) is 13.0 Å². The van der Waals surface area contributed by atoms with Crippen molar-refractivity contribution in [1.82, 2.24) is 24.7 Å². The maximum absolute atomic E-state index is 13.0. The average molecular weight is 477 g/mol. The summed E-state index contributed by atoms with van der Waals surface area (Å²) in [6, 6.07) is 5.35. The molecule has 5 rings (SSSR count). The number of carbonyl (C=O) groups is 1. The van der Waals surface area contributed by atoms with Gasteiger partial charge in [0.1, 0.15) is 12.1 Å². The SMILES string of the molecule is Cc1nn(C)c2nc(N3CCC(CO)CC3)c(NC(=O)Cc3coc(-c4ccnc(N)c4)n3)cc12. The number of piperidine rings is 1. The molecular formula is C24H28N8O3. The third-order valence-corrected chi connectivity index (χ3v) is 6.35. The van der Waals surface area contributed by atoms with E-state index in [1.54, 1.807) is 23.0 Å². The van der Waals surface area contributed by atoms with E-state index in [9.17, 15) is 9.90 Å². The van der Waals surface area contributed by atoms with Gasteiger partial charge in [-0.1, -0.05) is 0 Å². The van der Waals surface area contributed by atoms with Crippen LogP contribution in [0.1, 0.15) is 24.2 Å². The Balaban J connectivity index is 1.39. The third-order valence-electron chi connectivity index (χ3n) is 6.35. The van der Waals surface area contributed by atoms with Crippen LogP contribution in [0.2, 0.25) is 0 Å². The molecule has 11 nitrogen and oxygen atoms in total. The topological polar surface area (TPSA) is 148 Å². The summed E-state index contributed by atoms with van der Waals surface area (Å²) < 4.78 is 7.30. The predicted molar refractivity (Wildman–Crippen MR) is 132 cm³/mol. The molecule has 4 aromatic heterocycles. The lowest BCUT2D eigenvalue weighted by Gasteiger charge is -2.33. The Labute approximate surface area is 202 Å². The Hall–Kier alpha value is -3.99. The molecule has 1 fully saturated rings. The molecule has 4 aromatic rings. The number of aliphatic hydroxyl groups excluding tert-OH is 1. The molecule has 0 aliphatic carbocycles. The summed E-state index contributed by atoms with van der Waals surface area (Å²) in [5, 5.41) is 17.9. The third kappa shape index (κ3) is 4.67. The summed E-state index contributed by atoms with van der Waals surface area (Å²) in [6.45, 7) is 3.62. The second-order valence-corrected chi connectivity index (χ2v) is 8.89. The zero-order valence-corrected chi connectivity index (χ0v) is 19.7. The minimum atomic E-state index is -0.228. The summed E-state index contributed by atoms with van der Waals surface area (Å²) in [5.74, 6) is 1.52. The van der Waals surface area contributed by atoms with E-state index in [1.165, 1.54) is 6.26 Å². The number of anilines is 3. The molecule has 1 aliphatic heterocycles. The first-order chi connectivity index (χ1) is 16.9. The molecule has 0 saturated carbocycles. The zero-order valence-electron chi connectivity index (χ0n) is 19.7. The summed E-state index contributed by atoms with van der Waals surface area (Å²) in [6.07, 6.45) is 4.83. The number of rotatable bonds is 6. The number of aromatic nitrogens is 5. The number of nitrogens with one attached hydrogen (secondary N) is 1. The number of nitrogen functional groups attached to an aromatic ring is 1. The van der Waals surface area contributed by atoms with Crippen molar-refractivity contribution in [3.05, 3.63) is 42.0 Å². The van der Waals surface area contributed by atoms with Gasteiger partial charge in [0.25, 0.3) is 0 Å². The molecule has 0 bridgehead atoms. The van der Waals surface area contributed by atoms with Gasteiger partial charge in [0.05, 0.1) is 23.5 Å². The first kappa shape index (κ1) is 22.8. The van der Waals surface area contributed by atoms with Crippen LogP contribution in [0.25, 0.3) is 22.5 Å². The highest BCUT2D eigenvalue weighted by molar-refractivity contribution is 5.98. The first-order valence-electron chi connectivity index (χ1n) is 11.6. The molecule has 11 heteroatoms. The average Bonchev–Trinajstić information content (AvgIpc) is 3.42. The van der Waals surface area contributed by atoms with E-state index in [1.807, 2.05) is 20.0 Å². The van der Waals surface area contributed by atoms with Crippen molar-refractivity contribution in [3.63, 3.8) is 0 Å². The number of amides is 1. The van der Waals surface area contributed by atoms with Crippen molar-refractivity contribution < 1.29 is 14.3 Å². The second kappa shape index (κ2) is 9.34. The fourth-order valence-corrected chi connectivity index (χ4v) is 4.45. The Bertz CT molecular complexity index is 1370. The number of hydrogen-bond donors (Lipinski definition) is 3. The van der Waals surface area contributed by atoms with Crippen molar-refractivity contribution in [1.29, 1.82) is 0 Å². The summed E-state index contributed by atoms with van der Waals surface area (Å²) in [5.41, 5.74) is 9.17. The van der Waals surface area contributed by atoms with Crippen molar-refractivity contribution in [2.75, 3.05) is 35.6 Å². The lowest BCUT2D eigenvalue weighted by atomic mass is 9.98. The van der Waals surface area contributed by atoms with Crippen LogP contribution in [0.4, 0.5) is 17.3 Å². The molecule has 1 amide bonds. The zero-order chi connectivity index (χ0) is 24.5. The molecule has 0 aromatic carbocycles. The molecule has 35 heavy (non-hydrogen) atoms. The van der Waals surface area contributed by atoms with Crippen LogP contribution in [0.3, 0.4) is 0 Å². The van der Waals surface area contributed by atoms with Gasteiger partial charge in [-0.3, -0.25) is 9.48 Å². The molecular weight excluding hydrogens is 448 g/mol. The van der Waals surface area contributed by atoms with Gasteiger partial charge in [0.15, 0.2) is 11.5 Å². The molecule has 1 saturated heterocycles. The quantitative estimate of drug-likeness (QED) is 0.381. The van der Waals surface area contributed by atoms with Gasteiger partial charge in [-0.15, -0.1) is 0 Å². The van der Waals surface area contributed by atoms with Gasteiger partial charge in [0, 0.05) is 43.9 Å². The number of aliphatic hydroxyl groups is 1. The number of carbonyl (C=O) groups excluding carboxylic acids is 1. The van der Waals surface area contributed by atoms with Crippen LogP contribution in [0, 0.1) is 12.8 Å². The second-order valence-electron chi connectivity index (χ2n) is 8.89. The Morgan fingerprint density at radius 2 is 2.09 bits per heavy atom. The minimum Gasteiger partial charge on any atom is -0.444 e. The van der Waals surface area contributed by atoms with E-state index in [0.717, 1.165) is 42.7 Å². The van der Waals surface area contributed by atoms with Crippen LogP contribution in [0.5, 0.6) is 0 Å². The van der Waals surface area contributed by atoms with E-state index < -0.39 is 0 Å². The number of nitrogens with zero attached hydrogens (tertiary/aromatic N) is 6. The number of fused-ring (bicyclic) bond motifs is 1. The van der Waals surface area contributed by atoms with Gasteiger partial charge in [-0.25, -0.2) is 15.0 Å². The van der Waals surface area contributed by atoms with Crippen LogP contribution in [-0.2, 0) is 18.3 Å². The number of nitrogens with two attached hydrogens (primary N) is 1. The normalized spacial score (nSPS) is 14.5. The standard InChI is InChI=1S/C24H28N8O3/c1-14-18-11-19(23(29-22(18)31(2)30-14)32-7-4-15(12-33)5-8-32)28-21(34)10-17-13-35-24(27-17)16-3-6-26-20(25)9-16/h3,6,9,11,13,15,33H,4-5,7-8,10,12H2,1-2H3,(H2,25,26)(H,28,34). The molecule has 4 N–H and O–H groups in total. The fraction of sp³-hybridized carbons (Fsp3) is 0.375. The maximum atomic E-state index is 13.0. The Morgan fingerprint density at radius 3 is 2.83 bits per heavy atom. The van der Waals surface area contributed by atoms with E-state index in [0.29, 0.717) is 40.4 Å². The summed E-state index contributed by atoms with van der Waals surface area (Å²) >= 11 is 0. The summed E-state index contributed by atoms with van der Waals surface area (Å²) in [7, 11) is 1.86. The summed E-state index contributed by atoms with van der Waals surface area (Å²) in [4.78, 5) is 28.5. The highest BCUT2D eigenvalue weighted by Gasteiger charge is 2.24. The number of aryl methyl sites for hydroxylation is 2. The van der Waals surface area contributed by atoms with Crippen LogP contribution >= 0.6 is 0 Å². The molecule has 182 valence electrons. The van der Waals surface area contributed by atoms with Crippen molar-refractivity contribution in [2.45, 2.75) is 26.2 Å². The van der Waals surface area contributed by atoms with E-state index in [2.05, 4.69) is 25.3 Å². The van der Waals surface area contributed by atoms with Gasteiger partial charge >= 0.3 is 0 Å². The van der Waals surface area contributed by atoms with E-state index in [4.69, 9.17) is 15.1 Å². The lowest BCUT2D eigenvalue weighted by molar-refractivity contribution is -0.115. The van der Waals surface area contributed by atoms with Crippen molar-refractivity contribution >= 4 is 34.3 Å². The Morgan fingerprint density at radius 1 is 1.29 bits per heavy atom. The number of hydrogen-bond acceptors (Lipinski definition) is 9. The number of pyridine rings is 2. The van der Waals surface area contributed by atoms with Crippen LogP contribution in [0.15, 0.2) is 35.1 Å². The monoisotopic (exact) mass is 476 g/mol. The smallest absolute Gasteiger partial charge is 0.230 e. The molecule has 0 radical (unpaired) electrons. The Kier molecular flexibility index (Phi) is 6.08. The van der Waals surface area contributed by atoms with Crippen molar-refractivity contribution in [3.8, 4) is 11.5 Å². The first-order valence-corrected chi connectivity index (χ1v) is 11.6. The minimum absolute atomic E-state index is 0.0418. The van der Waals surface area contributed by atoms with E-state index in [-0.39, 0.29) is 18.9 Å². The fourth-order valence-electron chi connectivity index (χ4n) is 4.45. The largest absolute Gasteiger partial charge is 0.444 e. The molecule has 0 spiro atoms. The van der Waals surface area contributed by atoms with Gasteiger partial charge in [-0.05, 0) is 43.9 Å². The van der Waals surface area contributed by atoms with Gasteiger partial charge < -0.3 is 25.5 Å². The van der Waals surface area contributed by atoms with Crippen LogP contribution < -0.4 is 16.0 Å². The molecule has 0 unspecified atom stereocenters. The lowest BCUT2D eigenvalue weighted by Crippen LogP contribution is -2.36. The molecule has 0 atom stereocenters. The predicted octanol–water partition coefficient (Wildman–Crippen LogP) is 2.30. The van der Waals surface area contributed by atoms with E-state index >= 15 is 0 Å². The van der Waals surface area contributed by atoms with Gasteiger partial charge in [-0.2, -0.15) is 5.10 Å². The highest BCUT2D eigenvalue weighted by atomic mass is 16.3. The highest BCUT2D eigenvalue weighted by Crippen LogP contribution is 2.32. The van der Waals surface area contributed by atoms with Gasteiger partial charge in [0.2, 0.25) is 11.8 Å². The molecule has 1 aliphatic rings.